The minimum Gasteiger partial charge on any atom is -0.512 e. The van der Waals surface area contributed by atoms with E-state index in [1.54, 1.807) is 0 Å². The van der Waals surface area contributed by atoms with E-state index < -0.39 is 0 Å². The summed E-state index contributed by atoms with van der Waals surface area (Å²) in [7, 11) is 0. The van der Waals surface area contributed by atoms with Gasteiger partial charge in [-0.05, 0) is 42.2 Å². The molecule has 0 aromatic carbocycles. The lowest BCUT2D eigenvalue weighted by molar-refractivity contribution is 0.0828. The van der Waals surface area contributed by atoms with Crippen LogP contribution in [0, 0.1) is 27.6 Å². The van der Waals surface area contributed by atoms with Gasteiger partial charge in [0.2, 0.25) is 0 Å². The van der Waals surface area contributed by atoms with Crippen LogP contribution in [0.25, 0.3) is 0 Å². The van der Waals surface area contributed by atoms with Gasteiger partial charge in [-0.1, -0.05) is 92.0 Å². The zero-order valence-corrected chi connectivity index (χ0v) is 19.6. The van der Waals surface area contributed by atoms with Gasteiger partial charge < -0.3 is 10.2 Å². The fraction of sp³-hybridized carbons (Fsp3) is 0.692. The molecule has 2 aliphatic rings. The van der Waals surface area contributed by atoms with Crippen molar-refractivity contribution < 1.29 is 10.2 Å². The molecule has 2 unspecified atom stereocenters. The lowest BCUT2D eigenvalue weighted by atomic mass is 9.58. The number of aliphatic hydroxyl groups is 2. The molecule has 2 aliphatic carbocycles. The third-order valence-corrected chi connectivity index (χ3v) is 7.94. The van der Waals surface area contributed by atoms with Crippen LogP contribution < -0.4 is 0 Å². The quantitative estimate of drug-likeness (QED) is 0.513. The molecule has 2 heteroatoms. The topological polar surface area (TPSA) is 40.5 Å². The zero-order valence-electron chi connectivity index (χ0n) is 19.6. The van der Waals surface area contributed by atoms with E-state index in [1.807, 2.05) is 12.2 Å². The summed E-state index contributed by atoms with van der Waals surface area (Å²) in [5.74, 6) is 1.35. The normalized spacial score (nSPS) is 30.2. The number of aliphatic hydroxyl groups excluding tert-OH is 2. The largest absolute Gasteiger partial charge is 0.512 e. The summed E-state index contributed by atoms with van der Waals surface area (Å²) >= 11 is 0. The maximum absolute atomic E-state index is 10.7. The van der Waals surface area contributed by atoms with E-state index in [2.05, 4.69) is 74.5 Å². The third kappa shape index (κ3) is 3.84. The molecule has 0 aliphatic heterocycles. The van der Waals surface area contributed by atoms with E-state index in [-0.39, 0.29) is 21.7 Å². The third-order valence-electron chi connectivity index (χ3n) is 7.94. The average Bonchev–Trinajstić information content (AvgIpc) is 2.56. The van der Waals surface area contributed by atoms with Gasteiger partial charge in [0.1, 0.15) is 0 Å². The van der Waals surface area contributed by atoms with E-state index in [0.717, 1.165) is 25.7 Å². The van der Waals surface area contributed by atoms with E-state index in [9.17, 15) is 10.2 Å². The van der Waals surface area contributed by atoms with Crippen molar-refractivity contribution in [1.29, 1.82) is 0 Å². The zero-order chi connectivity index (χ0) is 21.5. The molecule has 0 heterocycles. The highest BCUT2D eigenvalue weighted by Crippen LogP contribution is 2.55. The summed E-state index contributed by atoms with van der Waals surface area (Å²) in [5, 5.41) is 21.4. The monoisotopic (exact) mass is 386 g/mol. The smallest absolute Gasteiger partial charge is 0.0989 e. The second kappa shape index (κ2) is 7.43. The van der Waals surface area contributed by atoms with Crippen molar-refractivity contribution in [2.45, 2.75) is 88.0 Å². The Morgan fingerprint density at radius 2 is 1.14 bits per heavy atom. The summed E-state index contributed by atoms with van der Waals surface area (Å²) in [6.07, 6.45) is 12.1. The molecule has 0 aromatic heterocycles. The molecule has 158 valence electrons. The van der Waals surface area contributed by atoms with Gasteiger partial charge in [-0.3, -0.25) is 0 Å². The molecule has 2 rings (SSSR count). The molecule has 0 amide bonds. The van der Waals surface area contributed by atoms with Crippen molar-refractivity contribution >= 4 is 0 Å². The van der Waals surface area contributed by atoms with Gasteiger partial charge >= 0.3 is 0 Å². The summed E-state index contributed by atoms with van der Waals surface area (Å²) < 4.78 is 0. The van der Waals surface area contributed by atoms with E-state index >= 15 is 0 Å². The van der Waals surface area contributed by atoms with Crippen molar-refractivity contribution in [2.24, 2.45) is 27.6 Å². The van der Waals surface area contributed by atoms with Crippen LogP contribution >= 0.6 is 0 Å². The first-order chi connectivity index (χ1) is 12.7. The van der Waals surface area contributed by atoms with Crippen LogP contribution in [0.3, 0.4) is 0 Å². The Morgan fingerprint density at radius 3 is 1.43 bits per heavy atom. The van der Waals surface area contributed by atoms with Gasteiger partial charge in [0, 0.05) is 16.7 Å². The summed E-state index contributed by atoms with van der Waals surface area (Å²) in [6, 6.07) is 0. The Bertz CT molecular complexity index is 661. The van der Waals surface area contributed by atoms with Crippen LogP contribution in [0.1, 0.15) is 88.0 Å². The molecule has 0 fully saturated rings. The SMILES string of the molecule is CCCC(C1=CC=C(O)C(C)(C(C)(C)C)C1)C1=CC=C(O)C(C)(C(C)(C)C)C1. The molecule has 0 saturated heterocycles. The van der Waals surface area contributed by atoms with Crippen LogP contribution in [-0.4, -0.2) is 10.2 Å². The Hall–Kier alpha value is -1.44. The van der Waals surface area contributed by atoms with Gasteiger partial charge in [0.05, 0.1) is 11.5 Å². The lowest BCUT2D eigenvalue weighted by Crippen LogP contribution is -2.39. The highest BCUT2D eigenvalue weighted by molar-refractivity contribution is 5.38. The summed E-state index contributed by atoms with van der Waals surface area (Å²) in [4.78, 5) is 0. The van der Waals surface area contributed by atoms with Crippen molar-refractivity contribution in [2.75, 3.05) is 0 Å². The Kier molecular flexibility index (Phi) is 6.06. The van der Waals surface area contributed by atoms with Crippen LogP contribution in [0.4, 0.5) is 0 Å². The summed E-state index contributed by atoms with van der Waals surface area (Å²) in [6.45, 7) is 19.9. The van der Waals surface area contributed by atoms with Gasteiger partial charge in [-0.2, -0.15) is 0 Å². The Balaban J connectivity index is 2.45. The predicted molar refractivity (Wildman–Crippen MR) is 120 cm³/mol. The molecular formula is C26H42O2. The fourth-order valence-corrected chi connectivity index (χ4v) is 4.53. The van der Waals surface area contributed by atoms with E-state index in [4.69, 9.17) is 0 Å². The van der Waals surface area contributed by atoms with E-state index in [1.165, 1.54) is 11.1 Å². The van der Waals surface area contributed by atoms with Gasteiger partial charge in [0.25, 0.3) is 0 Å². The van der Waals surface area contributed by atoms with Crippen molar-refractivity contribution in [3.8, 4) is 0 Å². The first-order valence-electron chi connectivity index (χ1n) is 10.9. The molecule has 2 N–H and O–H groups in total. The maximum Gasteiger partial charge on any atom is 0.0989 e. The number of rotatable bonds is 4. The molecule has 0 spiro atoms. The molecule has 2 nitrogen and oxygen atoms in total. The highest BCUT2D eigenvalue weighted by Gasteiger charge is 2.46. The molecule has 0 saturated carbocycles. The number of allylic oxidation sites excluding steroid dienone is 8. The predicted octanol–water partition coefficient (Wildman–Crippen LogP) is 8.05. The van der Waals surface area contributed by atoms with Crippen LogP contribution in [0.5, 0.6) is 0 Å². The van der Waals surface area contributed by atoms with Crippen LogP contribution in [-0.2, 0) is 0 Å². The van der Waals surface area contributed by atoms with Crippen LogP contribution in [0.15, 0.2) is 47.0 Å². The van der Waals surface area contributed by atoms with Gasteiger partial charge in [-0.25, -0.2) is 0 Å². The summed E-state index contributed by atoms with van der Waals surface area (Å²) in [5.41, 5.74) is 2.25. The molecule has 0 radical (unpaired) electrons. The molecule has 0 bridgehead atoms. The standard InChI is InChI=1S/C26H42O2/c1-10-11-20(18-12-14-21(27)25(8,16-18)23(2,3)4)19-13-15-22(28)26(9,17-19)24(5,6)7/h12-15,20,27-28H,10-11,16-17H2,1-9H3. The second-order valence-corrected chi connectivity index (χ2v) is 11.4. The fourth-order valence-electron chi connectivity index (χ4n) is 4.53. The molecule has 0 aromatic rings. The number of hydrogen-bond acceptors (Lipinski definition) is 2. The molecular weight excluding hydrogens is 344 g/mol. The minimum atomic E-state index is -0.260. The molecule has 28 heavy (non-hydrogen) atoms. The van der Waals surface area contributed by atoms with Crippen LogP contribution in [0.2, 0.25) is 0 Å². The lowest BCUT2D eigenvalue weighted by Gasteiger charge is -2.47. The number of hydrogen-bond donors (Lipinski definition) is 2. The maximum atomic E-state index is 10.7. The average molecular weight is 387 g/mol. The molecule has 2 atom stereocenters. The van der Waals surface area contributed by atoms with Crippen molar-refractivity contribution in [3.05, 3.63) is 47.0 Å². The van der Waals surface area contributed by atoms with Gasteiger partial charge in [-0.15, -0.1) is 0 Å². The second-order valence-electron chi connectivity index (χ2n) is 11.4. The first kappa shape index (κ1) is 22.8. The Labute approximate surface area is 173 Å². The first-order valence-corrected chi connectivity index (χ1v) is 10.9. The van der Waals surface area contributed by atoms with Crippen molar-refractivity contribution in [3.63, 3.8) is 0 Å². The van der Waals surface area contributed by atoms with Gasteiger partial charge in [0.15, 0.2) is 0 Å². The van der Waals surface area contributed by atoms with Crippen molar-refractivity contribution in [1.82, 2.24) is 0 Å². The van der Waals surface area contributed by atoms with E-state index in [0.29, 0.717) is 17.4 Å². The minimum absolute atomic E-state index is 0.0249. The Morgan fingerprint density at radius 1 is 0.786 bits per heavy atom. The highest BCUT2D eigenvalue weighted by atomic mass is 16.3.